The number of hydrogen-bond donors (Lipinski definition) is 1. The van der Waals surface area contributed by atoms with Gasteiger partial charge in [0.05, 0.1) is 12.2 Å². The number of aryl methyl sites for hydroxylation is 1. The van der Waals surface area contributed by atoms with Crippen molar-refractivity contribution < 1.29 is 23.0 Å². The highest BCUT2D eigenvalue weighted by Crippen LogP contribution is 2.32. The fraction of sp³-hybridized carbons (Fsp3) is 0.167. The van der Waals surface area contributed by atoms with Crippen LogP contribution in [-0.4, -0.2) is 33.5 Å². The number of aromatic nitrogens is 3. The van der Waals surface area contributed by atoms with Gasteiger partial charge in [-0.25, -0.2) is 8.78 Å². The van der Waals surface area contributed by atoms with E-state index in [0.717, 1.165) is 23.4 Å². The van der Waals surface area contributed by atoms with Gasteiger partial charge >= 0.3 is 0 Å². The second kappa shape index (κ2) is 9.99. The first kappa shape index (κ1) is 22.1. The molecule has 0 saturated heterocycles. The van der Waals surface area contributed by atoms with E-state index >= 15 is 0 Å². The molecule has 0 fully saturated rings. The minimum atomic E-state index is -0.872. The van der Waals surface area contributed by atoms with Crippen LogP contribution in [0.3, 0.4) is 0 Å². The van der Waals surface area contributed by atoms with Gasteiger partial charge in [-0.05, 0) is 48.5 Å². The number of amides is 1. The molecule has 1 amide bonds. The van der Waals surface area contributed by atoms with Gasteiger partial charge < -0.3 is 19.4 Å². The predicted molar refractivity (Wildman–Crippen MR) is 119 cm³/mol. The lowest BCUT2D eigenvalue weighted by Crippen LogP contribution is -2.20. The fourth-order valence-corrected chi connectivity index (χ4v) is 3.28. The number of rotatable bonds is 9. The highest BCUT2D eigenvalue weighted by Gasteiger charge is 2.14. The number of carbonyl (C=O) groups excluding carboxylic acids is 1. The minimum Gasteiger partial charge on any atom is -0.491 e. The molecule has 2 aromatic carbocycles. The first-order valence-electron chi connectivity index (χ1n) is 10.2. The number of nitrogens with one attached hydrogen (secondary N) is 1. The van der Waals surface area contributed by atoms with Gasteiger partial charge in [0.15, 0.2) is 18.2 Å². The van der Waals surface area contributed by atoms with Crippen molar-refractivity contribution >= 4 is 11.6 Å². The molecule has 0 radical (unpaired) electrons. The molecule has 1 N–H and O–H groups in total. The Bertz CT molecular complexity index is 1240. The quantitative estimate of drug-likeness (QED) is 0.412. The third-order valence-corrected chi connectivity index (χ3v) is 4.89. The molecule has 2 aromatic heterocycles. The largest absolute Gasteiger partial charge is 0.491 e. The SMILES string of the molecule is Cn1nccc1-c1cc(NC(=O)COc2ccc(F)cc2F)ccc1OCCn1cccc1. The van der Waals surface area contributed by atoms with Crippen LogP contribution >= 0.6 is 0 Å². The highest BCUT2D eigenvalue weighted by molar-refractivity contribution is 5.93. The van der Waals surface area contributed by atoms with Gasteiger partial charge in [0, 0.05) is 43.0 Å². The van der Waals surface area contributed by atoms with E-state index in [1.807, 2.05) is 42.2 Å². The molecule has 0 unspecified atom stereocenters. The van der Waals surface area contributed by atoms with Gasteiger partial charge in [0.25, 0.3) is 5.91 Å². The number of nitrogens with zero attached hydrogens (tertiary/aromatic N) is 3. The summed E-state index contributed by atoms with van der Waals surface area (Å²) in [6, 6.07) is 13.9. The van der Waals surface area contributed by atoms with Gasteiger partial charge in [-0.15, -0.1) is 0 Å². The van der Waals surface area contributed by atoms with Gasteiger partial charge in [-0.3, -0.25) is 9.48 Å². The van der Waals surface area contributed by atoms with E-state index in [-0.39, 0.29) is 5.75 Å². The Morgan fingerprint density at radius 3 is 2.55 bits per heavy atom. The van der Waals surface area contributed by atoms with Crippen molar-refractivity contribution in [2.75, 3.05) is 18.5 Å². The molecular weight excluding hydrogens is 430 g/mol. The zero-order chi connectivity index (χ0) is 23.2. The van der Waals surface area contributed by atoms with Crippen molar-refractivity contribution in [2.45, 2.75) is 6.54 Å². The molecule has 4 aromatic rings. The molecule has 0 saturated carbocycles. The van der Waals surface area contributed by atoms with Crippen molar-refractivity contribution in [1.82, 2.24) is 14.3 Å². The zero-order valence-electron chi connectivity index (χ0n) is 17.9. The van der Waals surface area contributed by atoms with Crippen LogP contribution in [-0.2, 0) is 18.4 Å². The molecule has 0 aliphatic heterocycles. The second-order valence-electron chi connectivity index (χ2n) is 7.23. The number of ether oxygens (including phenoxy) is 2. The first-order chi connectivity index (χ1) is 16.0. The highest BCUT2D eigenvalue weighted by atomic mass is 19.1. The Labute approximate surface area is 189 Å². The molecule has 0 bridgehead atoms. The Balaban J connectivity index is 1.45. The van der Waals surface area contributed by atoms with E-state index in [4.69, 9.17) is 9.47 Å². The summed E-state index contributed by atoms with van der Waals surface area (Å²) >= 11 is 0. The summed E-state index contributed by atoms with van der Waals surface area (Å²) in [5.41, 5.74) is 2.08. The average molecular weight is 452 g/mol. The molecule has 33 heavy (non-hydrogen) atoms. The maximum Gasteiger partial charge on any atom is 0.262 e. The Morgan fingerprint density at radius 1 is 1.03 bits per heavy atom. The first-order valence-corrected chi connectivity index (χ1v) is 10.2. The lowest BCUT2D eigenvalue weighted by Gasteiger charge is -2.15. The van der Waals surface area contributed by atoms with E-state index in [2.05, 4.69) is 10.4 Å². The van der Waals surface area contributed by atoms with Gasteiger partial charge in [0.1, 0.15) is 18.2 Å². The maximum absolute atomic E-state index is 13.7. The standard InChI is InChI=1S/C24H22F2N4O3/c1-29-21(8-9-27-29)19-15-18(5-7-22(19)32-13-12-30-10-2-3-11-30)28-24(31)16-33-23-6-4-17(25)14-20(23)26/h2-11,14-15H,12-13,16H2,1H3,(H,28,31). The number of benzene rings is 2. The summed E-state index contributed by atoms with van der Waals surface area (Å²) in [6.45, 7) is 0.717. The predicted octanol–water partition coefficient (Wildman–Crippen LogP) is 4.26. The average Bonchev–Trinajstić information content (AvgIpc) is 3.46. The van der Waals surface area contributed by atoms with E-state index in [9.17, 15) is 13.6 Å². The summed E-state index contributed by atoms with van der Waals surface area (Å²) in [5, 5.41) is 6.93. The van der Waals surface area contributed by atoms with Gasteiger partial charge in [-0.2, -0.15) is 5.10 Å². The van der Waals surface area contributed by atoms with Crippen LogP contribution in [0, 0.1) is 11.6 Å². The third kappa shape index (κ3) is 5.57. The number of anilines is 1. The Morgan fingerprint density at radius 2 is 1.82 bits per heavy atom. The van der Waals surface area contributed by atoms with Crippen LogP contribution in [0.2, 0.25) is 0 Å². The Hall–Kier alpha value is -4.14. The van der Waals surface area contributed by atoms with E-state index in [0.29, 0.717) is 30.7 Å². The molecule has 0 aliphatic carbocycles. The summed E-state index contributed by atoms with van der Waals surface area (Å²) < 4.78 is 41.6. The van der Waals surface area contributed by atoms with Crippen molar-refractivity contribution in [1.29, 1.82) is 0 Å². The van der Waals surface area contributed by atoms with E-state index < -0.39 is 24.1 Å². The molecule has 170 valence electrons. The number of hydrogen-bond acceptors (Lipinski definition) is 4. The second-order valence-corrected chi connectivity index (χ2v) is 7.23. The Kier molecular flexibility index (Phi) is 6.68. The molecule has 9 heteroatoms. The molecule has 0 atom stereocenters. The lowest BCUT2D eigenvalue weighted by molar-refractivity contribution is -0.118. The van der Waals surface area contributed by atoms with Crippen LogP contribution in [0.15, 0.2) is 73.2 Å². The summed E-state index contributed by atoms with van der Waals surface area (Å²) in [7, 11) is 1.81. The monoisotopic (exact) mass is 452 g/mol. The van der Waals surface area contributed by atoms with E-state index in [1.54, 1.807) is 29.1 Å². The van der Waals surface area contributed by atoms with Crippen LogP contribution in [0.4, 0.5) is 14.5 Å². The molecule has 4 rings (SSSR count). The van der Waals surface area contributed by atoms with Crippen LogP contribution < -0.4 is 14.8 Å². The number of halogens is 2. The lowest BCUT2D eigenvalue weighted by atomic mass is 10.1. The van der Waals surface area contributed by atoms with Gasteiger partial charge in [-0.1, -0.05) is 0 Å². The molecule has 7 nitrogen and oxygen atoms in total. The van der Waals surface area contributed by atoms with Crippen LogP contribution in [0.5, 0.6) is 11.5 Å². The van der Waals surface area contributed by atoms with Crippen molar-refractivity contribution in [2.24, 2.45) is 7.05 Å². The third-order valence-electron chi connectivity index (χ3n) is 4.89. The molecular formula is C24H22F2N4O3. The normalized spacial score (nSPS) is 10.8. The summed E-state index contributed by atoms with van der Waals surface area (Å²) in [5.74, 6) is -1.64. The van der Waals surface area contributed by atoms with Crippen LogP contribution in [0.1, 0.15) is 0 Å². The topological polar surface area (TPSA) is 70.3 Å². The smallest absolute Gasteiger partial charge is 0.262 e. The summed E-state index contributed by atoms with van der Waals surface area (Å²) in [4.78, 5) is 12.3. The minimum absolute atomic E-state index is 0.200. The fourth-order valence-electron chi connectivity index (χ4n) is 3.28. The summed E-state index contributed by atoms with van der Waals surface area (Å²) in [6.07, 6.45) is 5.60. The number of carbonyl (C=O) groups is 1. The van der Waals surface area contributed by atoms with Crippen molar-refractivity contribution in [3.05, 3.63) is 84.8 Å². The van der Waals surface area contributed by atoms with E-state index in [1.165, 1.54) is 0 Å². The van der Waals surface area contributed by atoms with Gasteiger partial charge in [0.2, 0.25) is 0 Å². The molecule has 0 spiro atoms. The van der Waals surface area contributed by atoms with Crippen LogP contribution in [0.25, 0.3) is 11.3 Å². The van der Waals surface area contributed by atoms with Crippen molar-refractivity contribution in [3.63, 3.8) is 0 Å². The molecule has 2 heterocycles. The molecule has 0 aliphatic rings. The maximum atomic E-state index is 13.7. The zero-order valence-corrected chi connectivity index (χ0v) is 17.9. The van der Waals surface area contributed by atoms with Crippen molar-refractivity contribution in [3.8, 4) is 22.8 Å².